The van der Waals surface area contributed by atoms with E-state index in [1.807, 2.05) is 6.92 Å². The molecule has 0 heterocycles. The third-order valence-corrected chi connectivity index (χ3v) is 4.41. The number of hydrogen-bond donors (Lipinski definition) is 0. The van der Waals surface area contributed by atoms with Crippen LogP contribution in [0.2, 0.25) is 0 Å². The van der Waals surface area contributed by atoms with E-state index in [1.165, 1.54) is 0 Å². The molecule has 3 nitrogen and oxygen atoms in total. The quantitative estimate of drug-likeness (QED) is 0.562. The number of aryl methyl sites for hydroxylation is 1. The third kappa shape index (κ3) is 4.78. The van der Waals surface area contributed by atoms with Crippen molar-refractivity contribution in [2.24, 2.45) is 5.92 Å². The number of benzene rings is 1. The van der Waals surface area contributed by atoms with Gasteiger partial charge in [-0.05, 0) is 37.8 Å². The lowest BCUT2D eigenvalue weighted by Gasteiger charge is -2.09. The molecular formula is C14H22O3S. The summed E-state index contributed by atoms with van der Waals surface area (Å²) in [5.74, 6) is 0.621. The van der Waals surface area contributed by atoms with Crippen LogP contribution in [-0.4, -0.2) is 15.0 Å². The maximum Gasteiger partial charge on any atom is 0.296 e. The predicted octanol–water partition coefficient (Wildman–Crippen LogP) is 3.53. The van der Waals surface area contributed by atoms with Gasteiger partial charge in [-0.3, -0.25) is 4.18 Å². The molecule has 0 saturated carbocycles. The summed E-state index contributed by atoms with van der Waals surface area (Å²) in [6.07, 6.45) is 2.89. The van der Waals surface area contributed by atoms with Crippen LogP contribution in [0.3, 0.4) is 0 Å². The first kappa shape index (κ1) is 15.2. The Morgan fingerprint density at radius 3 is 2.39 bits per heavy atom. The summed E-state index contributed by atoms with van der Waals surface area (Å²) < 4.78 is 28.7. The maximum atomic E-state index is 11.8. The SMILES string of the molecule is CC[C@@H](C)CCCOS(=O)(=O)c1ccc(C)cc1. The number of hydrogen-bond acceptors (Lipinski definition) is 3. The Morgan fingerprint density at radius 2 is 1.83 bits per heavy atom. The van der Waals surface area contributed by atoms with Crippen LogP contribution in [0, 0.1) is 12.8 Å². The fraction of sp³-hybridized carbons (Fsp3) is 0.571. The first-order valence-electron chi connectivity index (χ1n) is 6.42. The van der Waals surface area contributed by atoms with Gasteiger partial charge in [-0.15, -0.1) is 0 Å². The standard InChI is InChI=1S/C14H22O3S/c1-4-12(2)6-5-11-17-18(15,16)14-9-7-13(3)8-10-14/h7-10,12H,4-6,11H2,1-3H3/t12-/m1/s1. The van der Waals surface area contributed by atoms with Gasteiger partial charge in [0, 0.05) is 0 Å². The fourth-order valence-electron chi connectivity index (χ4n) is 1.58. The van der Waals surface area contributed by atoms with Crippen molar-refractivity contribution in [1.82, 2.24) is 0 Å². The molecule has 0 N–H and O–H groups in total. The predicted molar refractivity (Wildman–Crippen MR) is 73.0 cm³/mol. The molecule has 0 unspecified atom stereocenters. The molecule has 0 aliphatic rings. The molecule has 0 radical (unpaired) electrons. The Hall–Kier alpha value is -0.870. The molecule has 1 aromatic carbocycles. The van der Waals surface area contributed by atoms with E-state index < -0.39 is 10.1 Å². The zero-order valence-corrected chi connectivity index (χ0v) is 12.2. The lowest BCUT2D eigenvalue weighted by atomic mass is 10.0. The minimum absolute atomic E-state index is 0.233. The monoisotopic (exact) mass is 270 g/mol. The van der Waals surface area contributed by atoms with Crippen LogP contribution in [0.1, 0.15) is 38.7 Å². The molecule has 0 spiro atoms. The fourth-order valence-corrected chi connectivity index (χ4v) is 2.52. The van der Waals surface area contributed by atoms with Crippen LogP contribution in [-0.2, 0) is 14.3 Å². The molecule has 0 aliphatic heterocycles. The lowest BCUT2D eigenvalue weighted by Crippen LogP contribution is -2.08. The minimum Gasteiger partial charge on any atom is -0.266 e. The summed E-state index contributed by atoms with van der Waals surface area (Å²) in [5, 5.41) is 0. The van der Waals surface area contributed by atoms with E-state index in [9.17, 15) is 8.42 Å². The van der Waals surface area contributed by atoms with Gasteiger partial charge in [0.2, 0.25) is 0 Å². The van der Waals surface area contributed by atoms with Crippen molar-refractivity contribution >= 4 is 10.1 Å². The molecule has 0 fully saturated rings. The van der Waals surface area contributed by atoms with Crippen LogP contribution < -0.4 is 0 Å². The van der Waals surface area contributed by atoms with Gasteiger partial charge in [-0.25, -0.2) is 0 Å². The van der Waals surface area contributed by atoms with Gasteiger partial charge < -0.3 is 0 Å². The molecule has 0 aliphatic carbocycles. The normalized spacial score (nSPS) is 13.5. The van der Waals surface area contributed by atoms with Crippen LogP contribution in [0.15, 0.2) is 29.2 Å². The average Bonchev–Trinajstić information content (AvgIpc) is 2.35. The summed E-state index contributed by atoms with van der Waals surface area (Å²) in [4.78, 5) is 0.233. The van der Waals surface area contributed by atoms with E-state index in [1.54, 1.807) is 24.3 Å². The zero-order chi connectivity index (χ0) is 13.6. The summed E-state index contributed by atoms with van der Waals surface area (Å²) in [7, 11) is -3.58. The average molecular weight is 270 g/mol. The van der Waals surface area contributed by atoms with Crippen molar-refractivity contribution in [2.75, 3.05) is 6.61 Å². The van der Waals surface area contributed by atoms with E-state index >= 15 is 0 Å². The van der Waals surface area contributed by atoms with Gasteiger partial charge in [0.1, 0.15) is 0 Å². The molecule has 1 rings (SSSR count). The first-order valence-corrected chi connectivity index (χ1v) is 7.82. The molecule has 0 bridgehead atoms. The molecule has 0 saturated heterocycles. The highest BCUT2D eigenvalue weighted by Gasteiger charge is 2.14. The second-order valence-corrected chi connectivity index (χ2v) is 6.36. The van der Waals surface area contributed by atoms with E-state index in [-0.39, 0.29) is 11.5 Å². The molecule has 1 atom stereocenters. The molecule has 0 amide bonds. The van der Waals surface area contributed by atoms with Gasteiger partial charge in [0.15, 0.2) is 0 Å². The highest BCUT2D eigenvalue weighted by Crippen LogP contribution is 2.15. The van der Waals surface area contributed by atoms with Crippen molar-refractivity contribution in [1.29, 1.82) is 0 Å². The van der Waals surface area contributed by atoms with Crippen molar-refractivity contribution < 1.29 is 12.6 Å². The zero-order valence-electron chi connectivity index (χ0n) is 11.3. The second kappa shape index (κ2) is 6.90. The van der Waals surface area contributed by atoms with Crippen LogP contribution >= 0.6 is 0 Å². The summed E-state index contributed by atoms with van der Waals surface area (Å²) >= 11 is 0. The topological polar surface area (TPSA) is 43.4 Å². The molecule has 18 heavy (non-hydrogen) atoms. The molecule has 1 aromatic rings. The Kier molecular flexibility index (Phi) is 5.82. The van der Waals surface area contributed by atoms with Crippen molar-refractivity contribution in [2.45, 2.75) is 44.9 Å². The summed E-state index contributed by atoms with van der Waals surface area (Å²) in [5.41, 5.74) is 1.03. The van der Waals surface area contributed by atoms with Gasteiger partial charge >= 0.3 is 0 Å². The van der Waals surface area contributed by atoms with E-state index in [2.05, 4.69) is 13.8 Å². The third-order valence-electron chi connectivity index (χ3n) is 3.09. The Labute approximate surface area is 110 Å². The van der Waals surface area contributed by atoms with Crippen molar-refractivity contribution in [3.8, 4) is 0 Å². The van der Waals surface area contributed by atoms with Crippen LogP contribution in [0.4, 0.5) is 0 Å². The van der Waals surface area contributed by atoms with Gasteiger partial charge in [-0.2, -0.15) is 8.42 Å². The molecule has 4 heteroatoms. The van der Waals surface area contributed by atoms with Crippen LogP contribution in [0.25, 0.3) is 0 Å². The van der Waals surface area contributed by atoms with E-state index in [0.717, 1.165) is 24.8 Å². The van der Waals surface area contributed by atoms with E-state index in [0.29, 0.717) is 5.92 Å². The van der Waals surface area contributed by atoms with E-state index in [4.69, 9.17) is 4.18 Å². The summed E-state index contributed by atoms with van der Waals surface area (Å²) in [6, 6.07) is 6.71. The highest BCUT2D eigenvalue weighted by atomic mass is 32.2. The Balaban J connectivity index is 2.48. The summed E-state index contributed by atoms with van der Waals surface area (Å²) in [6.45, 7) is 6.48. The largest absolute Gasteiger partial charge is 0.296 e. The first-order chi connectivity index (χ1) is 8.45. The van der Waals surface area contributed by atoms with Crippen molar-refractivity contribution in [3.63, 3.8) is 0 Å². The smallest absolute Gasteiger partial charge is 0.266 e. The molecule has 102 valence electrons. The molecule has 0 aromatic heterocycles. The van der Waals surface area contributed by atoms with Gasteiger partial charge in [-0.1, -0.05) is 38.0 Å². The lowest BCUT2D eigenvalue weighted by molar-refractivity contribution is 0.296. The van der Waals surface area contributed by atoms with Crippen LogP contribution in [0.5, 0.6) is 0 Å². The van der Waals surface area contributed by atoms with Gasteiger partial charge in [0.25, 0.3) is 10.1 Å². The Morgan fingerprint density at radius 1 is 1.22 bits per heavy atom. The minimum atomic E-state index is -3.58. The maximum absolute atomic E-state index is 11.8. The van der Waals surface area contributed by atoms with Crippen molar-refractivity contribution in [3.05, 3.63) is 29.8 Å². The highest BCUT2D eigenvalue weighted by molar-refractivity contribution is 7.86. The second-order valence-electron chi connectivity index (χ2n) is 4.74. The molecular weight excluding hydrogens is 248 g/mol. The van der Waals surface area contributed by atoms with Gasteiger partial charge in [0.05, 0.1) is 11.5 Å². The Bertz CT molecular complexity index is 448. The number of rotatable bonds is 7.